The molecule has 0 aromatic rings. The molecule has 1 heterocycles. The zero-order valence-corrected chi connectivity index (χ0v) is 12.0. The minimum Gasteiger partial charge on any atom is -0.314 e. The third kappa shape index (κ3) is 4.06. The first-order valence-electron chi connectivity index (χ1n) is 6.79. The minimum atomic E-state index is 0.527. The van der Waals surface area contributed by atoms with Gasteiger partial charge < -0.3 is 5.32 Å². The summed E-state index contributed by atoms with van der Waals surface area (Å²) < 4.78 is 0. The zero-order valence-electron chi connectivity index (χ0n) is 12.0. The minimum absolute atomic E-state index is 0.527. The quantitative estimate of drug-likeness (QED) is 0.775. The van der Waals surface area contributed by atoms with Crippen molar-refractivity contribution in [2.45, 2.75) is 60.0 Å². The molecule has 0 bridgehead atoms. The Morgan fingerprint density at radius 1 is 1.19 bits per heavy atom. The van der Waals surface area contributed by atoms with Crippen LogP contribution in [0, 0.1) is 11.3 Å². The lowest BCUT2D eigenvalue weighted by molar-refractivity contribution is 0.176. The second-order valence-electron chi connectivity index (χ2n) is 6.67. The molecule has 2 nitrogen and oxygen atoms in total. The lowest BCUT2D eigenvalue weighted by Crippen LogP contribution is -2.41. The highest BCUT2D eigenvalue weighted by Crippen LogP contribution is 2.31. The molecule has 2 heteroatoms. The van der Waals surface area contributed by atoms with E-state index in [0.717, 1.165) is 12.5 Å². The number of nitrogens with one attached hydrogen (secondary N) is 1. The van der Waals surface area contributed by atoms with Crippen LogP contribution in [0.1, 0.15) is 48.0 Å². The summed E-state index contributed by atoms with van der Waals surface area (Å²) in [4.78, 5) is 2.66. The molecule has 1 aliphatic rings. The molecule has 0 saturated carbocycles. The first-order chi connectivity index (χ1) is 7.32. The second kappa shape index (κ2) is 5.50. The molecule has 1 saturated heterocycles. The molecular formula is C14H30N2. The van der Waals surface area contributed by atoms with Gasteiger partial charge in [-0.3, -0.25) is 4.90 Å². The Kier molecular flexibility index (Phi) is 4.81. The molecule has 0 amide bonds. The lowest BCUT2D eigenvalue weighted by atomic mass is 9.93. The highest BCUT2D eigenvalue weighted by atomic mass is 15.2. The molecule has 2 unspecified atom stereocenters. The van der Waals surface area contributed by atoms with E-state index in [4.69, 9.17) is 0 Å². The Balaban J connectivity index is 2.36. The smallest absolute Gasteiger partial charge is 0.0105 e. The van der Waals surface area contributed by atoms with E-state index in [1.54, 1.807) is 0 Å². The molecule has 16 heavy (non-hydrogen) atoms. The molecule has 96 valence electrons. The summed E-state index contributed by atoms with van der Waals surface area (Å²) in [7, 11) is 0. The van der Waals surface area contributed by atoms with E-state index in [-0.39, 0.29) is 0 Å². The topological polar surface area (TPSA) is 15.3 Å². The maximum absolute atomic E-state index is 3.54. The molecule has 0 radical (unpaired) electrons. The van der Waals surface area contributed by atoms with Crippen molar-refractivity contribution < 1.29 is 0 Å². The van der Waals surface area contributed by atoms with Crippen molar-refractivity contribution >= 4 is 0 Å². The van der Waals surface area contributed by atoms with Crippen LogP contribution >= 0.6 is 0 Å². The number of nitrogens with zero attached hydrogens (tertiary/aromatic N) is 1. The third-order valence-corrected chi connectivity index (χ3v) is 3.95. The van der Waals surface area contributed by atoms with Gasteiger partial charge in [-0.15, -0.1) is 0 Å². The predicted octanol–water partition coefficient (Wildman–Crippen LogP) is 2.74. The van der Waals surface area contributed by atoms with E-state index in [1.807, 2.05) is 0 Å². The molecule has 0 aromatic heterocycles. The predicted molar refractivity (Wildman–Crippen MR) is 71.7 cm³/mol. The van der Waals surface area contributed by atoms with Gasteiger partial charge in [0.15, 0.2) is 0 Å². The Hall–Kier alpha value is -0.0800. The number of hydrogen-bond acceptors (Lipinski definition) is 2. The molecule has 1 aliphatic heterocycles. The van der Waals surface area contributed by atoms with Crippen LogP contribution in [-0.4, -0.2) is 36.6 Å². The fourth-order valence-electron chi connectivity index (χ4n) is 2.45. The van der Waals surface area contributed by atoms with E-state index in [9.17, 15) is 0 Å². The molecule has 2 atom stereocenters. The largest absolute Gasteiger partial charge is 0.314 e. The van der Waals surface area contributed by atoms with Crippen molar-refractivity contribution in [3.8, 4) is 0 Å². The average Bonchev–Trinajstić information content (AvgIpc) is 2.54. The van der Waals surface area contributed by atoms with E-state index in [2.05, 4.69) is 51.8 Å². The number of rotatable bonds is 5. The van der Waals surface area contributed by atoms with Gasteiger partial charge in [-0.2, -0.15) is 0 Å². The fraction of sp³-hybridized carbons (Fsp3) is 1.00. The molecule has 0 aliphatic carbocycles. The highest BCUT2D eigenvalue weighted by Gasteiger charge is 2.33. The summed E-state index contributed by atoms with van der Waals surface area (Å²) in [5.41, 5.74) is 0.527. The van der Waals surface area contributed by atoms with Crippen molar-refractivity contribution in [1.82, 2.24) is 10.2 Å². The molecule has 1 fully saturated rings. The molecular weight excluding hydrogens is 196 g/mol. The van der Waals surface area contributed by atoms with Crippen molar-refractivity contribution in [3.63, 3.8) is 0 Å². The fourth-order valence-corrected chi connectivity index (χ4v) is 2.45. The summed E-state index contributed by atoms with van der Waals surface area (Å²) >= 11 is 0. The summed E-state index contributed by atoms with van der Waals surface area (Å²) in [5, 5.41) is 3.54. The Bertz CT molecular complexity index is 211. The third-order valence-electron chi connectivity index (χ3n) is 3.95. The molecule has 0 spiro atoms. The van der Waals surface area contributed by atoms with Gasteiger partial charge >= 0.3 is 0 Å². The van der Waals surface area contributed by atoms with Gasteiger partial charge in [0, 0.05) is 18.6 Å². The van der Waals surface area contributed by atoms with Gasteiger partial charge in [-0.05, 0) is 37.8 Å². The van der Waals surface area contributed by atoms with E-state index >= 15 is 0 Å². The van der Waals surface area contributed by atoms with Crippen molar-refractivity contribution in [3.05, 3.63) is 0 Å². The maximum Gasteiger partial charge on any atom is 0.0105 e. The van der Waals surface area contributed by atoms with Crippen LogP contribution < -0.4 is 5.32 Å². The molecule has 0 aromatic carbocycles. The van der Waals surface area contributed by atoms with Gasteiger partial charge in [0.1, 0.15) is 0 Å². The Morgan fingerprint density at radius 2 is 1.81 bits per heavy atom. The van der Waals surface area contributed by atoms with Crippen LogP contribution in [0.15, 0.2) is 0 Å². The van der Waals surface area contributed by atoms with Crippen LogP contribution in [0.5, 0.6) is 0 Å². The summed E-state index contributed by atoms with van der Waals surface area (Å²) in [6, 6.07) is 1.30. The number of likely N-dealkylation sites (tertiary alicyclic amines) is 1. The highest BCUT2D eigenvalue weighted by molar-refractivity contribution is 4.87. The van der Waals surface area contributed by atoms with Gasteiger partial charge in [0.2, 0.25) is 0 Å². The zero-order chi connectivity index (χ0) is 12.3. The van der Waals surface area contributed by atoms with Crippen molar-refractivity contribution in [2.75, 3.05) is 19.6 Å². The molecule has 1 N–H and O–H groups in total. The molecule has 1 rings (SSSR count). The van der Waals surface area contributed by atoms with Gasteiger partial charge in [0.25, 0.3) is 0 Å². The normalized spacial score (nSPS) is 24.9. The van der Waals surface area contributed by atoms with Crippen LogP contribution in [-0.2, 0) is 0 Å². The van der Waals surface area contributed by atoms with Crippen LogP contribution in [0.25, 0.3) is 0 Å². The summed E-state index contributed by atoms with van der Waals surface area (Å²) in [6.45, 7) is 17.6. The van der Waals surface area contributed by atoms with Crippen molar-refractivity contribution in [2.24, 2.45) is 11.3 Å². The van der Waals surface area contributed by atoms with Gasteiger partial charge in [0.05, 0.1) is 0 Å². The summed E-state index contributed by atoms with van der Waals surface area (Å²) in [5.74, 6) is 0.733. The first kappa shape index (κ1) is 14.0. The van der Waals surface area contributed by atoms with Crippen molar-refractivity contribution in [1.29, 1.82) is 0 Å². The SMILES string of the molecule is CC(C)NCC(C)C(C)N1CCC(C)(C)C1. The van der Waals surface area contributed by atoms with Crippen LogP contribution in [0.2, 0.25) is 0 Å². The standard InChI is InChI=1S/C14H30N2/c1-11(2)15-9-12(3)13(4)16-8-7-14(5,6)10-16/h11-13,15H,7-10H2,1-6H3. The Morgan fingerprint density at radius 3 is 2.25 bits per heavy atom. The van der Waals surface area contributed by atoms with Crippen LogP contribution in [0.3, 0.4) is 0 Å². The maximum atomic E-state index is 3.54. The van der Waals surface area contributed by atoms with Gasteiger partial charge in [-0.25, -0.2) is 0 Å². The Labute approximate surface area is 102 Å². The number of hydrogen-bond donors (Lipinski definition) is 1. The van der Waals surface area contributed by atoms with E-state index in [1.165, 1.54) is 19.5 Å². The van der Waals surface area contributed by atoms with E-state index < -0.39 is 0 Å². The first-order valence-corrected chi connectivity index (χ1v) is 6.79. The van der Waals surface area contributed by atoms with Gasteiger partial charge in [-0.1, -0.05) is 34.6 Å². The van der Waals surface area contributed by atoms with E-state index in [0.29, 0.717) is 17.5 Å². The monoisotopic (exact) mass is 226 g/mol. The average molecular weight is 226 g/mol. The lowest BCUT2D eigenvalue weighted by Gasteiger charge is -2.31. The summed E-state index contributed by atoms with van der Waals surface area (Å²) in [6.07, 6.45) is 1.35. The second-order valence-corrected chi connectivity index (χ2v) is 6.67. The van der Waals surface area contributed by atoms with Crippen LogP contribution in [0.4, 0.5) is 0 Å².